The van der Waals surface area contributed by atoms with E-state index in [2.05, 4.69) is 10.3 Å². The summed E-state index contributed by atoms with van der Waals surface area (Å²) in [6.45, 7) is 2.05. The van der Waals surface area contributed by atoms with Gasteiger partial charge in [0.25, 0.3) is 0 Å². The molecule has 2 aromatic carbocycles. The van der Waals surface area contributed by atoms with Crippen molar-refractivity contribution in [2.24, 2.45) is 0 Å². The summed E-state index contributed by atoms with van der Waals surface area (Å²) < 4.78 is 1.99. The Morgan fingerprint density at radius 3 is 2.36 bits per heavy atom. The molecule has 0 fully saturated rings. The van der Waals surface area contributed by atoms with Crippen LogP contribution < -0.4 is 5.32 Å². The topological polar surface area (TPSA) is 84.2 Å². The minimum Gasteiger partial charge on any atom is -0.478 e. The van der Waals surface area contributed by atoms with Crippen LogP contribution in [0.1, 0.15) is 22.8 Å². The molecule has 0 aliphatic rings. The molecule has 1 amide bonds. The molecule has 3 rings (SSSR count). The van der Waals surface area contributed by atoms with E-state index in [0.717, 1.165) is 22.6 Å². The number of anilines is 1. The number of carboxylic acids is 1. The Morgan fingerprint density at radius 1 is 1.08 bits per heavy atom. The molecule has 0 saturated heterocycles. The monoisotopic (exact) mass is 335 g/mol. The van der Waals surface area contributed by atoms with Crippen LogP contribution in [0.2, 0.25) is 0 Å². The van der Waals surface area contributed by atoms with E-state index in [4.69, 9.17) is 5.11 Å². The van der Waals surface area contributed by atoms with Crippen molar-refractivity contribution in [3.8, 4) is 11.4 Å². The van der Waals surface area contributed by atoms with Gasteiger partial charge < -0.3 is 15.0 Å². The van der Waals surface area contributed by atoms with Crippen LogP contribution in [-0.2, 0) is 11.3 Å². The van der Waals surface area contributed by atoms with E-state index in [1.807, 2.05) is 35.0 Å². The second kappa shape index (κ2) is 7.00. The average Bonchev–Trinajstić information content (AvgIpc) is 3.03. The van der Waals surface area contributed by atoms with Gasteiger partial charge in [-0.1, -0.05) is 12.1 Å². The van der Waals surface area contributed by atoms with Crippen LogP contribution >= 0.6 is 0 Å². The SMILES string of the molecule is CC(=O)Nc1ccc(-c2nccn2Cc2ccc(C(=O)O)cc2)cc1. The maximum atomic E-state index is 11.1. The van der Waals surface area contributed by atoms with Gasteiger partial charge in [-0.05, 0) is 42.0 Å². The molecule has 0 aliphatic heterocycles. The predicted molar refractivity (Wildman–Crippen MR) is 94.5 cm³/mol. The quantitative estimate of drug-likeness (QED) is 0.749. The van der Waals surface area contributed by atoms with E-state index in [0.29, 0.717) is 6.54 Å². The Labute approximate surface area is 144 Å². The Kier molecular flexibility index (Phi) is 4.61. The summed E-state index contributed by atoms with van der Waals surface area (Å²) in [6.07, 6.45) is 3.60. The third-order valence-electron chi connectivity index (χ3n) is 3.73. The molecule has 0 spiro atoms. The molecule has 0 radical (unpaired) electrons. The van der Waals surface area contributed by atoms with Gasteiger partial charge in [0.15, 0.2) is 0 Å². The van der Waals surface area contributed by atoms with Gasteiger partial charge >= 0.3 is 5.97 Å². The number of rotatable bonds is 5. The zero-order chi connectivity index (χ0) is 17.8. The van der Waals surface area contributed by atoms with Crippen molar-refractivity contribution in [3.05, 3.63) is 72.1 Å². The van der Waals surface area contributed by atoms with E-state index < -0.39 is 5.97 Å². The zero-order valence-corrected chi connectivity index (χ0v) is 13.6. The Balaban J connectivity index is 1.80. The van der Waals surface area contributed by atoms with Gasteiger partial charge in [-0.25, -0.2) is 9.78 Å². The second-order valence-corrected chi connectivity index (χ2v) is 5.64. The minimum atomic E-state index is -0.936. The van der Waals surface area contributed by atoms with Gasteiger partial charge in [0.2, 0.25) is 5.91 Å². The summed E-state index contributed by atoms with van der Waals surface area (Å²) in [5, 5.41) is 11.7. The summed E-state index contributed by atoms with van der Waals surface area (Å²) in [6, 6.07) is 14.2. The first kappa shape index (κ1) is 16.4. The van der Waals surface area contributed by atoms with Gasteiger partial charge in [0.05, 0.1) is 5.56 Å². The fourth-order valence-electron chi connectivity index (χ4n) is 2.55. The van der Waals surface area contributed by atoms with E-state index in [1.54, 1.807) is 30.5 Å². The van der Waals surface area contributed by atoms with Crippen molar-refractivity contribution in [1.29, 1.82) is 0 Å². The number of nitrogens with zero attached hydrogens (tertiary/aromatic N) is 2. The Morgan fingerprint density at radius 2 is 1.76 bits per heavy atom. The number of aromatic nitrogens is 2. The van der Waals surface area contributed by atoms with E-state index in [-0.39, 0.29) is 11.5 Å². The van der Waals surface area contributed by atoms with Crippen molar-refractivity contribution in [2.45, 2.75) is 13.5 Å². The number of imidazole rings is 1. The number of nitrogens with one attached hydrogen (secondary N) is 1. The molecule has 0 bridgehead atoms. The van der Waals surface area contributed by atoms with Crippen LogP contribution in [0, 0.1) is 0 Å². The predicted octanol–water partition coefficient (Wildman–Crippen LogP) is 3.26. The molecule has 2 N–H and O–H groups in total. The number of hydrogen-bond donors (Lipinski definition) is 2. The highest BCUT2D eigenvalue weighted by Crippen LogP contribution is 2.21. The third-order valence-corrected chi connectivity index (χ3v) is 3.73. The fourth-order valence-corrected chi connectivity index (χ4v) is 2.55. The summed E-state index contributed by atoms with van der Waals surface area (Å²) in [5.74, 6) is -0.245. The van der Waals surface area contributed by atoms with Crippen molar-refractivity contribution < 1.29 is 14.7 Å². The lowest BCUT2D eigenvalue weighted by Gasteiger charge is -2.09. The van der Waals surface area contributed by atoms with Crippen LogP contribution in [0.25, 0.3) is 11.4 Å². The molecule has 126 valence electrons. The lowest BCUT2D eigenvalue weighted by Crippen LogP contribution is -2.05. The Hall–Kier alpha value is -3.41. The van der Waals surface area contributed by atoms with Crippen LogP contribution in [0.15, 0.2) is 60.9 Å². The van der Waals surface area contributed by atoms with Crippen molar-refractivity contribution in [3.63, 3.8) is 0 Å². The molecule has 0 unspecified atom stereocenters. The van der Waals surface area contributed by atoms with Gasteiger partial charge in [0, 0.05) is 37.1 Å². The van der Waals surface area contributed by atoms with E-state index in [9.17, 15) is 9.59 Å². The second-order valence-electron chi connectivity index (χ2n) is 5.64. The fraction of sp³-hybridized carbons (Fsp3) is 0.105. The highest BCUT2D eigenvalue weighted by molar-refractivity contribution is 5.89. The highest BCUT2D eigenvalue weighted by atomic mass is 16.4. The smallest absolute Gasteiger partial charge is 0.335 e. The first-order valence-corrected chi connectivity index (χ1v) is 7.74. The molecule has 6 heteroatoms. The third kappa shape index (κ3) is 3.92. The molecule has 1 aromatic heterocycles. The number of carbonyl (C=O) groups is 2. The van der Waals surface area contributed by atoms with Gasteiger partial charge in [-0.2, -0.15) is 0 Å². The van der Waals surface area contributed by atoms with E-state index in [1.165, 1.54) is 6.92 Å². The highest BCUT2D eigenvalue weighted by Gasteiger charge is 2.08. The maximum absolute atomic E-state index is 11.1. The molecular formula is C19H17N3O3. The van der Waals surface area contributed by atoms with Crippen LogP contribution in [-0.4, -0.2) is 26.5 Å². The lowest BCUT2D eigenvalue weighted by atomic mass is 10.1. The van der Waals surface area contributed by atoms with Crippen LogP contribution in [0.4, 0.5) is 5.69 Å². The van der Waals surface area contributed by atoms with E-state index >= 15 is 0 Å². The molecule has 0 aliphatic carbocycles. The zero-order valence-electron chi connectivity index (χ0n) is 13.6. The number of benzene rings is 2. The minimum absolute atomic E-state index is 0.112. The number of carboxylic acid groups (broad SMARTS) is 1. The molecule has 0 atom stereocenters. The number of carbonyl (C=O) groups excluding carboxylic acids is 1. The van der Waals surface area contributed by atoms with Gasteiger partial charge in [-0.3, -0.25) is 4.79 Å². The first-order valence-electron chi connectivity index (χ1n) is 7.74. The molecule has 1 heterocycles. The first-order chi connectivity index (χ1) is 12.0. The standard InChI is InChI=1S/C19H17N3O3/c1-13(23)21-17-8-6-15(7-9-17)18-20-10-11-22(18)12-14-2-4-16(5-3-14)19(24)25/h2-11H,12H2,1H3,(H,21,23)(H,24,25). The summed E-state index contributed by atoms with van der Waals surface area (Å²) in [5.41, 5.74) is 2.92. The number of aromatic carboxylic acids is 1. The number of hydrogen-bond acceptors (Lipinski definition) is 3. The Bertz CT molecular complexity index is 896. The molecule has 3 aromatic rings. The molecule has 0 saturated carbocycles. The van der Waals surface area contributed by atoms with Crippen molar-refractivity contribution in [2.75, 3.05) is 5.32 Å². The van der Waals surface area contributed by atoms with Crippen LogP contribution in [0.3, 0.4) is 0 Å². The van der Waals surface area contributed by atoms with Gasteiger partial charge in [0.1, 0.15) is 5.82 Å². The average molecular weight is 335 g/mol. The molecule has 6 nitrogen and oxygen atoms in total. The molecule has 25 heavy (non-hydrogen) atoms. The normalized spacial score (nSPS) is 10.4. The van der Waals surface area contributed by atoms with Gasteiger partial charge in [-0.15, -0.1) is 0 Å². The van der Waals surface area contributed by atoms with Crippen molar-refractivity contribution >= 4 is 17.6 Å². The summed E-state index contributed by atoms with van der Waals surface area (Å²) in [7, 11) is 0. The summed E-state index contributed by atoms with van der Waals surface area (Å²) in [4.78, 5) is 26.4. The summed E-state index contributed by atoms with van der Waals surface area (Å²) >= 11 is 0. The molecular weight excluding hydrogens is 318 g/mol. The number of amides is 1. The largest absolute Gasteiger partial charge is 0.478 e. The van der Waals surface area contributed by atoms with Crippen LogP contribution in [0.5, 0.6) is 0 Å². The lowest BCUT2D eigenvalue weighted by molar-refractivity contribution is -0.114. The van der Waals surface area contributed by atoms with Crippen molar-refractivity contribution in [1.82, 2.24) is 9.55 Å². The maximum Gasteiger partial charge on any atom is 0.335 e.